The minimum atomic E-state index is -0.728. The number of hydrazone groups is 1. The van der Waals surface area contributed by atoms with Gasteiger partial charge in [-0.3, -0.25) is 14.2 Å². The number of hydrogen-bond acceptors (Lipinski definition) is 5. The van der Waals surface area contributed by atoms with E-state index in [1.165, 1.54) is 22.0 Å². The summed E-state index contributed by atoms with van der Waals surface area (Å²) in [6.45, 7) is 3.90. The standard InChI is InChI=1S/C21H21ClN4O2S/c1-12-6-7-16-17(8-12)29-20-18(16)21(28)26(11-23-20)13(2)19(27)25-24-10-14-4-3-5-15(22)9-14/h3-5,9-13H,6-8H2,1-2H3,(H,25,27)/t12-,13-/m0/s1. The minimum Gasteiger partial charge on any atom is -0.286 e. The third kappa shape index (κ3) is 3.97. The molecule has 0 saturated heterocycles. The number of aromatic nitrogens is 2. The van der Waals surface area contributed by atoms with E-state index >= 15 is 0 Å². The van der Waals surface area contributed by atoms with Crippen molar-refractivity contribution in [3.8, 4) is 0 Å². The quantitative estimate of drug-likeness (QED) is 0.505. The third-order valence-corrected chi connectivity index (χ3v) is 6.67. The van der Waals surface area contributed by atoms with Gasteiger partial charge in [0.2, 0.25) is 0 Å². The molecular formula is C21H21ClN4O2S. The van der Waals surface area contributed by atoms with Crippen molar-refractivity contribution in [2.45, 2.75) is 39.2 Å². The molecule has 0 saturated carbocycles. The van der Waals surface area contributed by atoms with Crippen LogP contribution in [0.3, 0.4) is 0 Å². The maximum atomic E-state index is 13.1. The number of aryl methyl sites for hydroxylation is 1. The maximum absolute atomic E-state index is 13.1. The van der Waals surface area contributed by atoms with Gasteiger partial charge in [-0.25, -0.2) is 10.4 Å². The molecule has 3 aromatic rings. The lowest BCUT2D eigenvalue weighted by molar-refractivity contribution is -0.123. The number of carbonyl (C=O) groups is 1. The summed E-state index contributed by atoms with van der Waals surface area (Å²) in [6.07, 6.45) is 5.92. The molecule has 0 spiro atoms. The predicted octanol–water partition coefficient (Wildman–Crippen LogP) is 3.95. The van der Waals surface area contributed by atoms with Crippen molar-refractivity contribution in [1.29, 1.82) is 0 Å². The highest BCUT2D eigenvalue weighted by molar-refractivity contribution is 7.18. The van der Waals surface area contributed by atoms with Gasteiger partial charge in [0.25, 0.3) is 11.5 Å². The van der Waals surface area contributed by atoms with Crippen molar-refractivity contribution in [3.63, 3.8) is 0 Å². The Balaban J connectivity index is 1.56. The number of fused-ring (bicyclic) bond motifs is 3. The van der Waals surface area contributed by atoms with E-state index in [0.29, 0.717) is 16.3 Å². The van der Waals surface area contributed by atoms with Gasteiger partial charge in [0.15, 0.2) is 0 Å². The molecule has 2 heterocycles. The second-order valence-corrected chi connectivity index (χ2v) is 8.97. The monoisotopic (exact) mass is 428 g/mol. The van der Waals surface area contributed by atoms with Crippen molar-refractivity contribution >= 4 is 45.3 Å². The highest BCUT2D eigenvalue weighted by Crippen LogP contribution is 2.35. The molecule has 1 aliphatic carbocycles. The van der Waals surface area contributed by atoms with Crippen molar-refractivity contribution in [2.24, 2.45) is 11.0 Å². The number of thiophene rings is 1. The number of rotatable bonds is 4. The van der Waals surface area contributed by atoms with Crippen LogP contribution in [0.15, 0.2) is 40.5 Å². The summed E-state index contributed by atoms with van der Waals surface area (Å²) in [6, 6.07) is 6.40. The van der Waals surface area contributed by atoms with E-state index in [-0.39, 0.29) is 11.5 Å². The molecule has 0 bridgehead atoms. The number of nitrogens with one attached hydrogen (secondary N) is 1. The lowest BCUT2D eigenvalue weighted by Crippen LogP contribution is -2.34. The second kappa shape index (κ2) is 8.08. The maximum Gasteiger partial charge on any atom is 0.263 e. The van der Waals surface area contributed by atoms with Gasteiger partial charge in [0.05, 0.1) is 17.9 Å². The van der Waals surface area contributed by atoms with Crippen molar-refractivity contribution in [1.82, 2.24) is 15.0 Å². The fourth-order valence-electron chi connectivity index (χ4n) is 3.60. The number of amides is 1. The molecule has 1 aromatic carbocycles. The van der Waals surface area contributed by atoms with Gasteiger partial charge in [-0.05, 0) is 55.4 Å². The van der Waals surface area contributed by atoms with Crippen LogP contribution in [0.4, 0.5) is 0 Å². The Labute approximate surface area is 177 Å². The van der Waals surface area contributed by atoms with Gasteiger partial charge in [0.1, 0.15) is 10.9 Å². The first-order valence-electron chi connectivity index (χ1n) is 9.54. The molecule has 6 nitrogen and oxygen atoms in total. The lowest BCUT2D eigenvalue weighted by Gasteiger charge is -2.18. The molecule has 0 unspecified atom stereocenters. The molecule has 8 heteroatoms. The number of benzene rings is 1. The summed E-state index contributed by atoms with van der Waals surface area (Å²) in [5.74, 6) is 0.240. The first kappa shape index (κ1) is 19.8. The zero-order chi connectivity index (χ0) is 20.5. The van der Waals surface area contributed by atoms with Gasteiger partial charge in [-0.15, -0.1) is 11.3 Å². The smallest absolute Gasteiger partial charge is 0.263 e. The van der Waals surface area contributed by atoms with Gasteiger partial charge >= 0.3 is 0 Å². The number of halogens is 1. The molecule has 29 heavy (non-hydrogen) atoms. The summed E-state index contributed by atoms with van der Waals surface area (Å²) in [5, 5.41) is 5.23. The summed E-state index contributed by atoms with van der Waals surface area (Å²) in [4.78, 5) is 32.1. The molecule has 150 valence electrons. The van der Waals surface area contributed by atoms with Crippen molar-refractivity contribution in [2.75, 3.05) is 0 Å². The van der Waals surface area contributed by atoms with Gasteiger partial charge in [0, 0.05) is 9.90 Å². The first-order chi connectivity index (χ1) is 13.9. The fraction of sp³-hybridized carbons (Fsp3) is 0.333. The summed E-state index contributed by atoms with van der Waals surface area (Å²) in [5.41, 5.74) is 4.21. The lowest BCUT2D eigenvalue weighted by atomic mass is 9.89. The molecule has 0 fully saturated rings. The van der Waals surface area contributed by atoms with Crippen LogP contribution in [0, 0.1) is 5.92 Å². The largest absolute Gasteiger partial charge is 0.286 e. The van der Waals surface area contributed by atoms with Crippen LogP contribution in [0.5, 0.6) is 0 Å². The minimum absolute atomic E-state index is 0.163. The van der Waals surface area contributed by atoms with Crippen LogP contribution >= 0.6 is 22.9 Å². The molecule has 2 atom stereocenters. The average Bonchev–Trinajstić information content (AvgIpc) is 3.06. The van der Waals surface area contributed by atoms with Gasteiger partial charge < -0.3 is 0 Å². The Morgan fingerprint density at radius 2 is 2.31 bits per heavy atom. The van der Waals surface area contributed by atoms with Gasteiger partial charge in [-0.1, -0.05) is 30.7 Å². The third-order valence-electron chi connectivity index (χ3n) is 5.27. The topological polar surface area (TPSA) is 76.3 Å². The summed E-state index contributed by atoms with van der Waals surface area (Å²) < 4.78 is 1.39. The first-order valence-corrected chi connectivity index (χ1v) is 10.7. The van der Waals surface area contributed by atoms with E-state index in [2.05, 4.69) is 22.4 Å². The molecule has 1 N–H and O–H groups in total. The Hall–Kier alpha value is -2.51. The zero-order valence-corrected chi connectivity index (χ0v) is 17.8. The van der Waals surface area contributed by atoms with Crippen molar-refractivity contribution in [3.05, 3.63) is 62.0 Å². The summed E-state index contributed by atoms with van der Waals surface area (Å²) >= 11 is 7.54. The van der Waals surface area contributed by atoms with Crippen LogP contribution in [-0.2, 0) is 17.6 Å². The Morgan fingerprint density at radius 1 is 1.48 bits per heavy atom. The molecular weight excluding hydrogens is 408 g/mol. The van der Waals surface area contributed by atoms with Crippen LogP contribution in [0.2, 0.25) is 5.02 Å². The van der Waals surface area contributed by atoms with E-state index < -0.39 is 6.04 Å². The Bertz CT molecular complexity index is 1170. The van der Waals surface area contributed by atoms with Crippen molar-refractivity contribution < 1.29 is 4.79 Å². The van der Waals surface area contributed by atoms with E-state index in [9.17, 15) is 9.59 Å². The van der Waals surface area contributed by atoms with Crippen LogP contribution in [-0.4, -0.2) is 21.7 Å². The normalized spacial score (nSPS) is 17.4. The second-order valence-electron chi connectivity index (χ2n) is 7.45. The Kier molecular flexibility index (Phi) is 5.52. The highest BCUT2D eigenvalue weighted by Gasteiger charge is 2.25. The molecule has 1 amide bonds. The predicted molar refractivity (Wildman–Crippen MR) is 117 cm³/mol. The van der Waals surface area contributed by atoms with Crippen LogP contribution in [0.1, 0.15) is 42.3 Å². The van der Waals surface area contributed by atoms with E-state index in [1.54, 1.807) is 36.5 Å². The molecule has 1 aliphatic rings. The SMILES string of the molecule is C[C@H]1CCc2c(sc3ncn([C@@H](C)C(=O)NN=Cc4cccc(Cl)c4)c(=O)c23)C1. The summed E-state index contributed by atoms with van der Waals surface area (Å²) in [7, 11) is 0. The van der Waals surface area contributed by atoms with Crippen LogP contribution in [0.25, 0.3) is 10.2 Å². The zero-order valence-electron chi connectivity index (χ0n) is 16.2. The number of carbonyl (C=O) groups excluding carboxylic acids is 1. The van der Waals surface area contributed by atoms with Gasteiger partial charge in [-0.2, -0.15) is 5.10 Å². The molecule has 4 rings (SSSR count). The van der Waals surface area contributed by atoms with E-state index in [1.807, 2.05) is 6.07 Å². The highest BCUT2D eigenvalue weighted by atomic mass is 35.5. The van der Waals surface area contributed by atoms with E-state index in [4.69, 9.17) is 11.6 Å². The Morgan fingerprint density at radius 3 is 3.10 bits per heavy atom. The number of nitrogens with zero attached hydrogens (tertiary/aromatic N) is 3. The van der Waals surface area contributed by atoms with Crippen LogP contribution < -0.4 is 11.0 Å². The van der Waals surface area contributed by atoms with E-state index in [0.717, 1.165) is 35.2 Å². The molecule has 2 aromatic heterocycles. The fourth-order valence-corrected chi connectivity index (χ4v) is 5.14. The number of hydrogen-bond donors (Lipinski definition) is 1. The molecule has 0 aliphatic heterocycles. The average molecular weight is 429 g/mol. The molecule has 0 radical (unpaired) electrons.